The molecule has 0 bridgehead atoms. The van der Waals surface area contributed by atoms with Gasteiger partial charge in [-0.2, -0.15) is 0 Å². The first-order valence-corrected chi connectivity index (χ1v) is 9.51. The van der Waals surface area contributed by atoms with E-state index in [-0.39, 0.29) is 0 Å². The molecule has 1 aliphatic rings. The lowest BCUT2D eigenvalue weighted by atomic mass is 9.95. The molecule has 0 saturated carbocycles. The SMILES string of the molecule is Cc1c(C)c(C)c(S(=O)(=O)NCC2CCCNC2)c(C)c1C. The summed E-state index contributed by atoms with van der Waals surface area (Å²) < 4.78 is 28.4. The third-order valence-corrected chi connectivity index (χ3v) is 6.86. The molecule has 0 aliphatic carbocycles. The Morgan fingerprint density at radius 1 is 1.00 bits per heavy atom. The first-order valence-electron chi connectivity index (χ1n) is 8.03. The molecule has 1 heterocycles. The van der Waals surface area contributed by atoms with Gasteiger partial charge in [-0.15, -0.1) is 0 Å². The fourth-order valence-electron chi connectivity index (χ4n) is 3.27. The minimum atomic E-state index is -3.46. The van der Waals surface area contributed by atoms with Crippen LogP contribution in [0.25, 0.3) is 0 Å². The molecule has 1 unspecified atom stereocenters. The standard InChI is InChI=1S/C17H28N2O2S/c1-11-12(2)14(4)17(15(5)13(11)3)22(20,21)19-10-16-7-6-8-18-9-16/h16,18-19H,6-10H2,1-5H3. The van der Waals surface area contributed by atoms with E-state index in [1.807, 2.05) is 27.7 Å². The van der Waals surface area contributed by atoms with Gasteiger partial charge in [-0.25, -0.2) is 13.1 Å². The maximum Gasteiger partial charge on any atom is 0.241 e. The highest BCUT2D eigenvalue weighted by Crippen LogP contribution is 2.29. The van der Waals surface area contributed by atoms with Crippen LogP contribution in [0.3, 0.4) is 0 Å². The van der Waals surface area contributed by atoms with Crippen molar-refractivity contribution < 1.29 is 8.42 Å². The Morgan fingerprint density at radius 3 is 2.05 bits per heavy atom. The van der Waals surface area contributed by atoms with Crippen LogP contribution in [0.5, 0.6) is 0 Å². The normalized spacial score (nSPS) is 19.4. The molecule has 1 aromatic rings. The maximum atomic E-state index is 12.8. The molecule has 1 aliphatic heterocycles. The van der Waals surface area contributed by atoms with Crippen molar-refractivity contribution in [1.82, 2.24) is 10.0 Å². The van der Waals surface area contributed by atoms with Crippen LogP contribution in [0, 0.1) is 40.5 Å². The van der Waals surface area contributed by atoms with Crippen LogP contribution in [0.1, 0.15) is 40.7 Å². The largest absolute Gasteiger partial charge is 0.316 e. The molecule has 22 heavy (non-hydrogen) atoms. The predicted molar refractivity (Wildman–Crippen MR) is 90.9 cm³/mol. The van der Waals surface area contributed by atoms with E-state index in [9.17, 15) is 8.42 Å². The zero-order chi connectivity index (χ0) is 16.5. The fourth-order valence-corrected chi connectivity index (χ4v) is 4.98. The van der Waals surface area contributed by atoms with E-state index in [4.69, 9.17) is 0 Å². The molecule has 2 rings (SSSR count). The lowest BCUT2D eigenvalue weighted by Gasteiger charge is -2.24. The van der Waals surface area contributed by atoms with Gasteiger partial charge in [0.25, 0.3) is 0 Å². The van der Waals surface area contributed by atoms with Crippen molar-refractivity contribution in [1.29, 1.82) is 0 Å². The Labute approximate surface area is 134 Å². The predicted octanol–water partition coefficient (Wildman–Crippen LogP) is 2.51. The maximum absolute atomic E-state index is 12.8. The van der Waals surface area contributed by atoms with Crippen LogP contribution in [0.15, 0.2) is 4.90 Å². The minimum Gasteiger partial charge on any atom is -0.316 e. The van der Waals surface area contributed by atoms with Crippen LogP contribution >= 0.6 is 0 Å². The quantitative estimate of drug-likeness (QED) is 0.895. The van der Waals surface area contributed by atoms with Gasteiger partial charge in [-0.3, -0.25) is 0 Å². The van der Waals surface area contributed by atoms with Gasteiger partial charge < -0.3 is 5.32 Å². The van der Waals surface area contributed by atoms with Gasteiger partial charge in [0, 0.05) is 6.54 Å². The van der Waals surface area contributed by atoms with Gasteiger partial charge >= 0.3 is 0 Å². The van der Waals surface area contributed by atoms with Crippen molar-refractivity contribution in [3.05, 3.63) is 27.8 Å². The summed E-state index contributed by atoms with van der Waals surface area (Å²) in [4.78, 5) is 0.469. The highest BCUT2D eigenvalue weighted by atomic mass is 32.2. The van der Waals surface area contributed by atoms with Crippen molar-refractivity contribution in [3.8, 4) is 0 Å². The first kappa shape index (κ1) is 17.4. The van der Waals surface area contributed by atoms with E-state index in [2.05, 4.69) is 17.0 Å². The van der Waals surface area contributed by atoms with E-state index in [1.165, 1.54) is 5.56 Å². The van der Waals surface area contributed by atoms with Crippen LogP contribution in [-0.4, -0.2) is 28.1 Å². The molecule has 124 valence electrons. The zero-order valence-corrected chi connectivity index (χ0v) is 15.2. The van der Waals surface area contributed by atoms with Crippen molar-refractivity contribution in [2.45, 2.75) is 52.4 Å². The second-order valence-electron chi connectivity index (χ2n) is 6.52. The summed E-state index contributed by atoms with van der Waals surface area (Å²) in [5, 5.41) is 3.32. The molecule has 4 nitrogen and oxygen atoms in total. The average molecular weight is 324 g/mol. The van der Waals surface area contributed by atoms with E-state index in [1.54, 1.807) is 0 Å². The lowest BCUT2D eigenvalue weighted by molar-refractivity contribution is 0.376. The molecule has 1 atom stereocenters. The number of sulfonamides is 1. The summed E-state index contributed by atoms with van der Waals surface area (Å²) >= 11 is 0. The van der Waals surface area contributed by atoms with Crippen LogP contribution in [0.2, 0.25) is 0 Å². The third-order valence-electron chi connectivity index (χ3n) is 5.16. The summed E-state index contributed by atoms with van der Waals surface area (Å²) in [7, 11) is -3.46. The number of hydrogen-bond acceptors (Lipinski definition) is 3. The molecular weight excluding hydrogens is 296 g/mol. The van der Waals surface area contributed by atoms with Crippen molar-refractivity contribution in [2.75, 3.05) is 19.6 Å². The monoisotopic (exact) mass is 324 g/mol. The van der Waals surface area contributed by atoms with Crippen LogP contribution < -0.4 is 10.0 Å². The van der Waals surface area contributed by atoms with Gasteiger partial charge in [0.1, 0.15) is 0 Å². The topological polar surface area (TPSA) is 58.2 Å². The molecule has 0 amide bonds. The van der Waals surface area contributed by atoms with Gasteiger partial charge in [0.15, 0.2) is 0 Å². The van der Waals surface area contributed by atoms with Gasteiger partial charge in [0.2, 0.25) is 10.0 Å². The number of piperidine rings is 1. The highest BCUT2D eigenvalue weighted by Gasteiger charge is 2.24. The minimum absolute atomic E-state index is 0.386. The number of benzene rings is 1. The fraction of sp³-hybridized carbons (Fsp3) is 0.647. The second-order valence-corrected chi connectivity index (χ2v) is 8.22. The van der Waals surface area contributed by atoms with Crippen LogP contribution in [-0.2, 0) is 10.0 Å². The Balaban J connectivity index is 2.29. The summed E-state index contributed by atoms with van der Waals surface area (Å²) in [5.74, 6) is 0.386. The van der Waals surface area contributed by atoms with E-state index in [0.717, 1.165) is 48.2 Å². The molecular formula is C17H28N2O2S. The van der Waals surface area contributed by atoms with Crippen molar-refractivity contribution in [2.24, 2.45) is 5.92 Å². The molecule has 1 saturated heterocycles. The first-order chi connectivity index (χ1) is 10.3. The van der Waals surface area contributed by atoms with E-state index in [0.29, 0.717) is 17.4 Å². The molecule has 5 heteroatoms. The lowest BCUT2D eigenvalue weighted by Crippen LogP contribution is -2.38. The summed E-state index contributed by atoms with van der Waals surface area (Å²) in [6.45, 7) is 12.3. The smallest absolute Gasteiger partial charge is 0.241 e. The van der Waals surface area contributed by atoms with Gasteiger partial charge in [-0.05, 0) is 94.3 Å². The summed E-state index contributed by atoms with van der Waals surface area (Å²) in [6, 6.07) is 0. The van der Waals surface area contributed by atoms with Crippen molar-refractivity contribution in [3.63, 3.8) is 0 Å². The van der Waals surface area contributed by atoms with E-state index >= 15 is 0 Å². The van der Waals surface area contributed by atoms with Gasteiger partial charge in [-0.1, -0.05) is 0 Å². The summed E-state index contributed by atoms with van der Waals surface area (Å²) in [6.07, 6.45) is 2.20. The molecule has 0 aromatic heterocycles. The molecule has 0 spiro atoms. The van der Waals surface area contributed by atoms with Crippen molar-refractivity contribution >= 4 is 10.0 Å². The Hall–Kier alpha value is -0.910. The average Bonchev–Trinajstić information content (AvgIpc) is 2.50. The third kappa shape index (κ3) is 3.36. The Kier molecular flexibility index (Phi) is 5.30. The van der Waals surface area contributed by atoms with Crippen LogP contribution in [0.4, 0.5) is 0 Å². The second kappa shape index (κ2) is 6.69. The Bertz CT molecular complexity index is 631. The number of nitrogens with one attached hydrogen (secondary N) is 2. The number of hydrogen-bond donors (Lipinski definition) is 2. The molecule has 1 aromatic carbocycles. The van der Waals surface area contributed by atoms with E-state index < -0.39 is 10.0 Å². The molecule has 1 fully saturated rings. The zero-order valence-electron chi connectivity index (χ0n) is 14.3. The molecule has 0 radical (unpaired) electrons. The highest BCUT2D eigenvalue weighted by molar-refractivity contribution is 7.89. The Morgan fingerprint density at radius 2 is 1.55 bits per heavy atom. The summed E-state index contributed by atoms with van der Waals surface area (Å²) in [5.41, 5.74) is 5.07. The molecule has 2 N–H and O–H groups in total. The van der Waals surface area contributed by atoms with Gasteiger partial charge in [0.05, 0.1) is 4.90 Å². The number of rotatable bonds is 4.